The number of rotatable bonds is 4. The number of hydrogen-bond donors (Lipinski definition) is 2. The third-order valence-corrected chi connectivity index (χ3v) is 1.73. The molecule has 0 aliphatic heterocycles. The van der Waals surface area contributed by atoms with Gasteiger partial charge in [-0.05, 0) is 11.8 Å². The van der Waals surface area contributed by atoms with Crippen molar-refractivity contribution in [2.75, 3.05) is 6.61 Å². The second-order valence-corrected chi connectivity index (χ2v) is 3.72. The fourth-order valence-electron chi connectivity index (χ4n) is 0.978. The van der Waals surface area contributed by atoms with E-state index in [1.807, 2.05) is 20.8 Å². The van der Waals surface area contributed by atoms with Gasteiger partial charge in [-0.1, -0.05) is 20.8 Å². The number of amides is 1. The standard InChI is InChI=1S/C8H17NO2/c1-8(2,3)7(4-5-10)9-6-11/h6-7,10H,4-5H2,1-3H3,(H,9,11). The topological polar surface area (TPSA) is 49.3 Å². The van der Waals surface area contributed by atoms with Crippen LogP contribution in [0.25, 0.3) is 0 Å². The van der Waals surface area contributed by atoms with Crippen molar-refractivity contribution in [1.29, 1.82) is 0 Å². The monoisotopic (exact) mass is 159 g/mol. The van der Waals surface area contributed by atoms with Gasteiger partial charge in [0.2, 0.25) is 6.41 Å². The van der Waals surface area contributed by atoms with Crippen LogP contribution >= 0.6 is 0 Å². The van der Waals surface area contributed by atoms with Crippen molar-refractivity contribution in [3.8, 4) is 0 Å². The molecule has 3 heteroatoms. The molecule has 0 bridgehead atoms. The second-order valence-electron chi connectivity index (χ2n) is 3.72. The zero-order chi connectivity index (χ0) is 8.91. The maximum atomic E-state index is 10.1. The Morgan fingerprint density at radius 2 is 2.09 bits per heavy atom. The fraction of sp³-hybridized carbons (Fsp3) is 0.875. The SMILES string of the molecule is CC(C)(C)C(CCO)NC=O. The van der Waals surface area contributed by atoms with E-state index in [2.05, 4.69) is 5.32 Å². The maximum absolute atomic E-state index is 10.1. The predicted molar refractivity (Wildman–Crippen MR) is 44.1 cm³/mol. The van der Waals surface area contributed by atoms with Gasteiger partial charge in [-0.25, -0.2) is 0 Å². The van der Waals surface area contributed by atoms with Crippen LogP contribution in [-0.4, -0.2) is 24.2 Å². The molecule has 1 amide bonds. The van der Waals surface area contributed by atoms with Gasteiger partial charge in [0.25, 0.3) is 0 Å². The first kappa shape index (κ1) is 10.4. The highest BCUT2D eigenvalue weighted by atomic mass is 16.3. The van der Waals surface area contributed by atoms with E-state index in [9.17, 15) is 4.79 Å². The molecule has 0 rings (SSSR count). The Balaban J connectivity index is 3.97. The number of aliphatic hydroxyl groups excluding tert-OH is 1. The van der Waals surface area contributed by atoms with Gasteiger partial charge in [-0.2, -0.15) is 0 Å². The molecule has 0 spiro atoms. The molecule has 66 valence electrons. The molecule has 1 unspecified atom stereocenters. The molecule has 0 aromatic carbocycles. The lowest BCUT2D eigenvalue weighted by Gasteiger charge is -2.29. The molecular formula is C8H17NO2. The Kier molecular flexibility index (Phi) is 4.11. The number of nitrogens with one attached hydrogen (secondary N) is 1. The Morgan fingerprint density at radius 1 is 1.55 bits per heavy atom. The summed E-state index contributed by atoms with van der Waals surface area (Å²) in [6.45, 7) is 6.21. The highest BCUT2D eigenvalue weighted by Crippen LogP contribution is 2.20. The van der Waals surface area contributed by atoms with Crippen molar-refractivity contribution in [1.82, 2.24) is 5.32 Å². The summed E-state index contributed by atoms with van der Waals surface area (Å²) in [4.78, 5) is 10.1. The normalized spacial score (nSPS) is 14.2. The predicted octanol–water partition coefficient (Wildman–Crippen LogP) is 0.529. The van der Waals surface area contributed by atoms with E-state index in [0.29, 0.717) is 12.8 Å². The van der Waals surface area contributed by atoms with Crippen molar-refractivity contribution in [3.63, 3.8) is 0 Å². The molecule has 2 N–H and O–H groups in total. The molecule has 0 aromatic rings. The number of hydrogen-bond acceptors (Lipinski definition) is 2. The summed E-state index contributed by atoms with van der Waals surface area (Å²) in [6, 6.07) is 0.0602. The van der Waals surface area contributed by atoms with E-state index < -0.39 is 0 Å². The molecule has 0 saturated heterocycles. The second kappa shape index (κ2) is 4.34. The average molecular weight is 159 g/mol. The lowest BCUT2D eigenvalue weighted by molar-refractivity contribution is -0.110. The summed E-state index contributed by atoms with van der Waals surface area (Å²) in [5.74, 6) is 0. The lowest BCUT2D eigenvalue weighted by atomic mass is 9.85. The van der Waals surface area contributed by atoms with Crippen molar-refractivity contribution >= 4 is 6.41 Å². The molecule has 0 aliphatic carbocycles. The van der Waals surface area contributed by atoms with Gasteiger partial charge in [-0.15, -0.1) is 0 Å². The van der Waals surface area contributed by atoms with Gasteiger partial charge >= 0.3 is 0 Å². The van der Waals surface area contributed by atoms with Gasteiger partial charge in [0.15, 0.2) is 0 Å². The molecule has 0 saturated carbocycles. The molecule has 0 radical (unpaired) electrons. The summed E-state index contributed by atoms with van der Waals surface area (Å²) in [6.07, 6.45) is 1.30. The number of carbonyl (C=O) groups is 1. The zero-order valence-corrected chi connectivity index (χ0v) is 7.42. The van der Waals surface area contributed by atoms with Crippen molar-refractivity contribution in [3.05, 3.63) is 0 Å². The van der Waals surface area contributed by atoms with E-state index >= 15 is 0 Å². The van der Waals surface area contributed by atoms with Crippen molar-refractivity contribution in [2.24, 2.45) is 5.41 Å². The highest BCUT2D eigenvalue weighted by molar-refractivity contribution is 5.46. The van der Waals surface area contributed by atoms with Crippen molar-refractivity contribution < 1.29 is 9.90 Å². The molecule has 0 aliphatic rings. The molecule has 1 atom stereocenters. The number of aliphatic hydroxyl groups is 1. The summed E-state index contributed by atoms with van der Waals surface area (Å²) in [5, 5.41) is 11.4. The van der Waals surface area contributed by atoms with E-state index in [1.54, 1.807) is 0 Å². The third-order valence-electron chi connectivity index (χ3n) is 1.73. The smallest absolute Gasteiger partial charge is 0.207 e. The zero-order valence-electron chi connectivity index (χ0n) is 7.42. The lowest BCUT2D eigenvalue weighted by Crippen LogP contribution is -2.40. The summed E-state index contributed by atoms with van der Waals surface area (Å²) in [7, 11) is 0. The van der Waals surface area contributed by atoms with Gasteiger partial charge in [-0.3, -0.25) is 4.79 Å². The molecule has 0 fully saturated rings. The van der Waals surface area contributed by atoms with Crippen LogP contribution in [0.1, 0.15) is 27.2 Å². The molecule has 3 nitrogen and oxygen atoms in total. The minimum Gasteiger partial charge on any atom is -0.396 e. The largest absolute Gasteiger partial charge is 0.396 e. The third kappa shape index (κ3) is 3.98. The quantitative estimate of drug-likeness (QED) is 0.588. The van der Waals surface area contributed by atoms with Crippen LogP contribution in [0.5, 0.6) is 0 Å². The first-order chi connectivity index (χ1) is 5.02. The minimum absolute atomic E-state index is 0.0175. The summed E-state index contributed by atoms with van der Waals surface area (Å²) in [5.41, 5.74) is 0.0175. The van der Waals surface area contributed by atoms with Crippen LogP contribution < -0.4 is 5.32 Å². The van der Waals surface area contributed by atoms with Gasteiger partial charge in [0.05, 0.1) is 0 Å². The van der Waals surface area contributed by atoms with Crippen molar-refractivity contribution in [2.45, 2.75) is 33.2 Å². The first-order valence-electron chi connectivity index (χ1n) is 3.83. The van der Waals surface area contributed by atoms with E-state index in [4.69, 9.17) is 5.11 Å². The Labute approximate surface area is 67.8 Å². The van der Waals surface area contributed by atoms with E-state index in [0.717, 1.165) is 0 Å². The molecule has 11 heavy (non-hydrogen) atoms. The summed E-state index contributed by atoms with van der Waals surface area (Å²) < 4.78 is 0. The maximum Gasteiger partial charge on any atom is 0.207 e. The van der Waals surface area contributed by atoms with Gasteiger partial charge < -0.3 is 10.4 Å². The van der Waals surface area contributed by atoms with Crippen LogP contribution in [0.3, 0.4) is 0 Å². The first-order valence-corrected chi connectivity index (χ1v) is 3.83. The van der Waals surface area contributed by atoms with Crippen LogP contribution in [0, 0.1) is 5.41 Å². The van der Waals surface area contributed by atoms with Gasteiger partial charge in [0, 0.05) is 12.6 Å². The Morgan fingerprint density at radius 3 is 2.36 bits per heavy atom. The van der Waals surface area contributed by atoms with Gasteiger partial charge in [0.1, 0.15) is 0 Å². The van der Waals surface area contributed by atoms with Crippen LogP contribution in [0.4, 0.5) is 0 Å². The fourth-order valence-corrected chi connectivity index (χ4v) is 0.978. The van der Waals surface area contributed by atoms with Crippen LogP contribution in [0.15, 0.2) is 0 Å². The van der Waals surface area contributed by atoms with Crippen LogP contribution in [0.2, 0.25) is 0 Å². The van der Waals surface area contributed by atoms with E-state index in [1.165, 1.54) is 0 Å². The number of carbonyl (C=O) groups excluding carboxylic acids is 1. The Bertz CT molecular complexity index is 118. The highest BCUT2D eigenvalue weighted by Gasteiger charge is 2.22. The van der Waals surface area contributed by atoms with Crippen LogP contribution in [-0.2, 0) is 4.79 Å². The average Bonchev–Trinajstić information content (AvgIpc) is 1.85. The molecule has 0 aromatic heterocycles. The molecular weight excluding hydrogens is 142 g/mol. The summed E-state index contributed by atoms with van der Waals surface area (Å²) >= 11 is 0. The van der Waals surface area contributed by atoms with E-state index in [-0.39, 0.29) is 18.1 Å². The Hall–Kier alpha value is -0.570. The molecule has 0 heterocycles. The minimum atomic E-state index is 0.0175.